The first-order chi connectivity index (χ1) is 35.4. The van der Waals surface area contributed by atoms with E-state index in [2.05, 4.69) is 267 Å². The summed E-state index contributed by atoms with van der Waals surface area (Å²) in [5.41, 5.74) is 15.0. The SMILES string of the molecule is CC(C)(C)c1cc2ccc3c(N(c4ccccc4-c4ccccc4)c4cccc5c4oc4ccccc45)cc(N(c4ccccc4-c4ccccc4)c4cccc5c4oc4ccccc45)c4ccc(c1)c2c34. The standard InChI is InChI=1S/C68H48N2O2/c1-68(2,3)47-40-45-36-38-54-60(69(56-30-14-10-24-48(56)43-20-6-4-7-21-43)58-32-18-28-52-50-26-12-16-34-62(50)71-66(52)58)42-61(55-39-37-46(41-47)64(45)65(54)55)70(57-31-15-11-25-49(57)44-22-8-5-9-23-44)59-33-19-29-53-51-27-13-17-35-63(51)72-67(53)59/h4-42H,1-3H3. The third-order valence-electron chi connectivity index (χ3n) is 14.7. The topological polar surface area (TPSA) is 32.8 Å². The molecule has 0 aliphatic carbocycles. The van der Waals surface area contributed by atoms with Gasteiger partial charge in [0.2, 0.25) is 0 Å². The van der Waals surface area contributed by atoms with Gasteiger partial charge < -0.3 is 18.6 Å². The number of fused-ring (bicyclic) bond motifs is 6. The van der Waals surface area contributed by atoms with E-state index >= 15 is 0 Å². The van der Waals surface area contributed by atoms with Crippen molar-refractivity contribution < 1.29 is 8.83 Å². The molecular weight excluding hydrogens is 877 g/mol. The molecule has 0 radical (unpaired) electrons. The highest BCUT2D eigenvalue weighted by Crippen LogP contribution is 2.55. The number of hydrogen-bond donors (Lipinski definition) is 0. The second-order valence-electron chi connectivity index (χ2n) is 20.0. The van der Waals surface area contributed by atoms with Gasteiger partial charge in [-0.05, 0) is 80.7 Å². The van der Waals surface area contributed by atoms with E-state index < -0.39 is 0 Å². The van der Waals surface area contributed by atoms with Gasteiger partial charge in [0, 0.05) is 48.8 Å². The molecule has 2 aromatic heterocycles. The summed E-state index contributed by atoms with van der Waals surface area (Å²) < 4.78 is 14.0. The summed E-state index contributed by atoms with van der Waals surface area (Å²) in [6, 6.07) is 85.6. The fourth-order valence-electron chi connectivity index (χ4n) is 11.3. The van der Waals surface area contributed by atoms with E-state index in [0.717, 1.165) is 111 Å². The fourth-order valence-corrected chi connectivity index (χ4v) is 11.3. The third-order valence-corrected chi connectivity index (χ3v) is 14.7. The Morgan fingerprint density at radius 3 is 1.18 bits per heavy atom. The van der Waals surface area contributed by atoms with Crippen molar-refractivity contribution >= 4 is 110 Å². The monoisotopic (exact) mass is 924 g/mol. The van der Waals surface area contributed by atoms with Gasteiger partial charge in [-0.15, -0.1) is 0 Å². The van der Waals surface area contributed by atoms with Crippen LogP contribution in [0.1, 0.15) is 26.3 Å². The number of hydrogen-bond acceptors (Lipinski definition) is 4. The lowest BCUT2D eigenvalue weighted by Crippen LogP contribution is -2.16. The Balaban J connectivity index is 1.18. The molecule has 0 N–H and O–H groups in total. The van der Waals surface area contributed by atoms with Crippen molar-refractivity contribution in [3.05, 3.63) is 242 Å². The Morgan fingerprint density at radius 1 is 0.306 bits per heavy atom. The van der Waals surface area contributed by atoms with Crippen molar-refractivity contribution in [2.45, 2.75) is 26.2 Å². The van der Waals surface area contributed by atoms with Crippen LogP contribution in [-0.4, -0.2) is 0 Å². The van der Waals surface area contributed by atoms with Crippen LogP contribution >= 0.6 is 0 Å². The van der Waals surface area contributed by atoms with Gasteiger partial charge >= 0.3 is 0 Å². The summed E-state index contributed by atoms with van der Waals surface area (Å²) in [6.07, 6.45) is 0. The van der Waals surface area contributed by atoms with E-state index in [4.69, 9.17) is 8.83 Å². The summed E-state index contributed by atoms with van der Waals surface area (Å²) in [7, 11) is 0. The molecule has 4 nitrogen and oxygen atoms in total. The Hall–Kier alpha value is -9.12. The van der Waals surface area contributed by atoms with Crippen molar-refractivity contribution in [1.29, 1.82) is 0 Å². The van der Waals surface area contributed by atoms with Crippen LogP contribution in [-0.2, 0) is 5.41 Å². The number of nitrogens with zero attached hydrogens (tertiary/aromatic N) is 2. The van der Waals surface area contributed by atoms with E-state index in [1.165, 1.54) is 27.1 Å². The lowest BCUT2D eigenvalue weighted by atomic mass is 9.83. The normalized spacial score (nSPS) is 12.1. The van der Waals surface area contributed by atoms with E-state index in [1.807, 2.05) is 0 Å². The molecule has 0 aliphatic heterocycles. The minimum atomic E-state index is -0.0484. The highest BCUT2D eigenvalue weighted by molar-refractivity contribution is 6.30. The van der Waals surface area contributed by atoms with Crippen LogP contribution in [0.2, 0.25) is 0 Å². The first-order valence-corrected chi connectivity index (χ1v) is 24.8. The van der Waals surface area contributed by atoms with Crippen molar-refractivity contribution in [1.82, 2.24) is 0 Å². The third kappa shape index (κ3) is 6.53. The Morgan fingerprint density at radius 2 is 0.708 bits per heavy atom. The van der Waals surface area contributed by atoms with Crippen LogP contribution in [0.15, 0.2) is 245 Å². The molecule has 0 amide bonds. The molecule has 14 aromatic rings. The molecule has 0 bridgehead atoms. The maximum absolute atomic E-state index is 7.02. The zero-order valence-corrected chi connectivity index (χ0v) is 40.2. The lowest BCUT2D eigenvalue weighted by Gasteiger charge is -2.34. The van der Waals surface area contributed by atoms with Crippen LogP contribution in [0.5, 0.6) is 0 Å². The smallest absolute Gasteiger partial charge is 0.159 e. The average Bonchev–Trinajstić information content (AvgIpc) is 4.01. The Labute approximate surface area is 417 Å². The van der Waals surface area contributed by atoms with Crippen LogP contribution in [0.4, 0.5) is 34.1 Å². The van der Waals surface area contributed by atoms with Crippen LogP contribution in [0.25, 0.3) is 98.4 Å². The molecule has 12 aromatic carbocycles. The average molecular weight is 925 g/mol. The molecule has 0 aliphatic rings. The van der Waals surface area contributed by atoms with E-state index in [-0.39, 0.29) is 5.41 Å². The number of benzene rings is 12. The maximum atomic E-state index is 7.02. The first kappa shape index (κ1) is 41.8. The number of anilines is 6. The second kappa shape index (κ2) is 16.2. The van der Waals surface area contributed by atoms with E-state index in [1.54, 1.807) is 0 Å². The van der Waals surface area contributed by atoms with Gasteiger partial charge in [-0.2, -0.15) is 0 Å². The summed E-state index contributed by atoms with van der Waals surface area (Å²) >= 11 is 0. The maximum Gasteiger partial charge on any atom is 0.159 e. The number of furan rings is 2. The molecule has 0 unspecified atom stereocenters. The van der Waals surface area contributed by atoms with E-state index in [0.29, 0.717) is 0 Å². The molecule has 0 fully saturated rings. The Bertz CT molecular complexity index is 4120. The van der Waals surface area contributed by atoms with Crippen molar-refractivity contribution in [3.8, 4) is 22.3 Å². The summed E-state index contributed by atoms with van der Waals surface area (Å²) in [5.74, 6) is 0. The second-order valence-corrected chi connectivity index (χ2v) is 20.0. The first-order valence-electron chi connectivity index (χ1n) is 24.8. The van der Waals surface area contributed by atoms with Gasteiger partial charge in [0.1, 0.15) is 11.2 Å². The van der Waals surface area contributed by atoms with Gasteiger partial charge in [-0.1, -0.05) is 215 Å². The highest BCUT2D eigenvalue weighted by Gasteiger charge is 2.30. The van der Waals surface area contributed by atoms with Gasteiger partial charge in [-0.25, -0.2) is 0 Å². The molecule has 14 rings (SSSR count). The van der Waals surface area contributed by atoms with Gasteiger partial charge in [0.25, 0.3) is 0 Å². The summed E-state index contributed by atoms with van der Waals surface area (Å²) in [6.45, 7) is 6.91. The van der Waals surface area contributed by atoms with Crippen LogP contribution in [0.3, 0.4) is 0 Å². The molecule has 72 heavy (non-hydrogen) atoms. The predicted molar refractivity (Wildman–Crippen MR) is 304 cm³/mol. The van der Waals surface area contributed by atoms with Gasteiger partial charge in [0.05, 0.1) is 34.1 Å². The minimum Gasteiger partial charge on any atom is -0.454 e. The molecule has 0 saturated heterocycles. The molecule has 342 valence electrons. The fraction of sp³-hybridized carbons (Fsp3) is 0.0588. The zero-order chi connectivity index (χ0) is 48.1. The Kier molecular flexibility index (Phi) is 9.43. The van der Waals surface area contributed by atoms with Gasteiger partial charge in [-0.3, -0.25) is 0 Å². The molecule has 0 spiro atoms. The van der Waals surface area contributed by atoms with Gasteiger partial charge in [0.15, 0.2) is 11.2 Å². The zero-order valence-electron chi connectivity index (χ0n) is 40.2. The molecule has 0 saturated carbocycles. The van der Waals surface area contributed by atoms with Crippen molar-refractivity contribution in [2.24, 2.45) is 0 Å². The predicted octanol–water partition coefficient (Wildman–Crippen LogP) is 20.0. The highest BCUT2D eigenvalue weighted by atomic mass is 16.3. The quantitative estimate of drug-likeness (QED) is 0.142. The van der Waals surface area contributed by atoms with E-state index in [9.17, 15) is 0 Å². The molecule has 2 heterocycles. The number of para-hydroxylation sites is 6. The van der Waals surface area contributed by atoms with Crippen molar-refractivity contribution in [3.63, 3.8) is 0 Å². The minimum absolute atomic E-state index is 0.0484. The lowest BCUT2D eigenvalue weighted by molar-refractivity contribution is 0.591. The summed E-state index contributed by atoms with van der Waals surface area (Å²) in [4.78, 5) is 4.93. The molecule has 0 atom stereocenters. The van der Waals surface area contributed by atoms with Crippen LogP contribution < -0.4 is 9.80 Å². The summed E-state index contributed by atoms with van der Waals surface area (Å²) in [5, 5.41) is 11.4. The molecular formula is C68H48N2O2. The van der Waals surface area contributed by atoms with Crippen LogP contribution in [0, 0.1) is 0 Å². The number of rotatable bonds is 8. The largest absolute Gasteiger partial charge is 0.454 e. The van der Waals surface area contributed by atoms with Crippen molar-refractivity contribution in [2.75, 3.05) is 9.80 Å². The molecule has 4 heteroatoms.